The molecule has 0 aliphatic heterocycles. The van der Waals surface area contributed by atoms with Crippen molar-refractivity contribution in [3.05, 3.63) is 29.8 Å². The second-order valence-electron chi connectivity index (χ2n) is 3.79. The molecule has 0 saturated carbocycles. The molecule has 0 aliphatic rings. The number of aryl methyl sites for hydroxylation is 1. The van der Waals surface area contributed by atoms with Crippen molar-refractivity contribution in [3.63, 3.8) is 0 Å². The zero-order valence-corrected chi connectivity index (χ0v) is 10.8. The standard InChI is InChI=1S/C13H18N2O3/c1-4-10-7-5-6-8-11(10)18-9(2)12(16)15-13(17)14-3/h5-9H,4H2,1-3H3,(H2,14,15,16,17). The van der Waals surface area contributed by atoms with E-state index >= 15 is 0 Å². The Hall–Kier alpha value is -2.04. The van der Waals surface area contributed by atoms with Crippen LogP contribution in [0.1, 0.15) is 19.4 Å². The van der Waals surface area contributed by atoms with Crippen LogP contribution in [0.4, 0.5) is 4.79 Å². The predicted octanol–water partition coefficient (Wildman–Crippen LogP) is 1.47. The van der Waals surface area contributed by atoms with E-state index in [0.717, 1.165) is 12.0 Å². The second kappa shape index (κ2) is 6.64. The number of carbonyl (C=O) groups excluding carboxylic acids is 2. The average molecular weight is 250 g/mol. The summed E-state index contributed by atoms with van der Waals surface area (Å²) in [5, 5.41) is 4.48. The molecule has 0 fully saturated rings. The van der Waals surface area contributed by atoms with Gasteiger partial charge in [-0.05, 0) is 25.0 Å². The minimum absolute atomic E-state index is 0.472. The lowest BCUT2D eigenvalue weighted by molar-refractivity contribution is -0.126. The molecule has 18 heavy (non-hydrogen) atoms. The average Bonchev–Trinajstić information content (AvgIpc) is 2.39. The Kier molecular flexibility index (Phi) is 5.17. The predicted molar refractivity (Wildman–Crippen MR) is 68.5 cm³/mol. The van der Waals surface area contributed by atoms with E-state index in [1.54, 1.807) is 6.92 Å². The Bertz CT molecular complexity index is 432. The lowest BCUT2D eigenvalue weighted by Crippen LogP contribution is -2.44. The van der Waals surface area contributed by atoms with Crippen LogP contribution >= 0.6 is 0 Å². The highest BCUT2D eigenvalue weighted by Crippen LogP contribution is 2.19. The third kappa shape index (κ3) is 3.76. The number of nitrogens with one attached hydrogen (secondary N) is 2. The summed E-state index contributed by atoms with van der Waals surface area (Å²) in [5.41, 5.74) is 1.03. The molecule has 0 bridgehead atoms. The van der Waals surface area contributed by atoms with Crippen LogP contribution in [0.2, 0.25) is 0 Å². The third-order valence-corrected chi connectivity index (χ3v) is 2.49. The number of hydrogen-bond donors (Lipinski definition) is 2. The molecule has 1 aromatic rings. The highest BCUT2D eigenvalue weighted by Gasteiger charge is 2.17. The first kappa shape index (κ1) is 14.0. The molecule has 1 rings (SSSR count). The molecule has 0 aromatic heterocycles. The van der Waals surface area contributed by atoms with Crippen LogP contribution in [-0.2, 0) is 11.2 Å². The number of benzene rings is 1. The van der Waals surface area contributed by atoms with Gasteiger partial charge in [-0.1, -0.05) is 25.1 Å². The van der Waals surface area contributed by atoms with Gasteiger partial charge < -0.3 is 10.1 Å². The second-order valence-corrected chi connectivity index (χ2v) is 3.79. The molecule has 0 heterocycles. The van der Waals surface area contributed by atoms with Crippen LogP contribution in [0, 0.1) is 0 Å². The van der Waals surface area contributed by atoms with Crippen molar-refractivity contribution in [2.75, 3.05) is 7.05 Å². The van der Waals surface area contributed by atoms with Gasteiger partial charge in [-0.15, -0.1) is 0 Å². The topological polar surface area (TPSA) is 67.4 Å². The Labute approximate surface area is 107 Å². The Morgan fingerprint density at radius 2 is 2.00 bits per heavy atom. The fourth-order valence-electron chi connectivity index (χ4n) is 1.43. The third-order valence-electron chi connectivity index (χ3n) is 2.49. The van der Waals surface area contributed by atoms with Crippen LogP contribution in [0.15, 0.2) is 24.3 Å². The molecule has 5 heteroatoms. The van der Waals surface area contributed by atoms with Crippen LogP contribution in [0.3, 0.4) is 0 Å². The molecule has 0 radical (unpaired) electrons. The van der Waals surface area contributed by atoms with Crippen molar-refractivity contribution in [2.24, 2.45) is 0 Å². The molecule has 0 spiro atoms. The first-order chi connectivity index (χ1) is 8.58. The van der Waals surface area contributed by atoms with Crippen molar-refractivity contribution >= 4 is 11.9 Å². The van der Waals surface area contributed by atoms with Crippen LogP contribution < -0.4 is 15.4 Å². The summed E-state index contributed by atoms with van der Waals surface area (Å²) in [6.07, 6.45) is 0.0926. The van der Waals surface area contributed by atoms with Gasteiger partial charge in [0.15, 0.2) is 6.10 Å². The summed E-state index contributed by atoms with van der Waals surface area (Å²) < 4.78 is 5.55. The molecule has 3 amide bonds. The van der Waals surface area contributed by atoms with E-state index in [-0.39, 0.29) is 0 Å². The van der Waals surface area contributed by atoms with Gasteiger partial charge in [0, 0.05) is 7.05 Å². The largest absolute Gasteiger partial charge is 0.481 e. The van der Waals surface area contributed by atoms with Gasteiger partial charge in [0.1, 0.15) is 5.75 Å². The van der Waals surface area contributed by atoms with Crippen LogP contribution in [0.25, 0.3) is 0 Å². The first-order valence-corrected chi connectivity index (χ1v) is 5.85. The van der Waals surface area contributed by atoms with Crippen molar-refractivity contribution in [3.8, 4) is 5.75 Å². The van der Waals surface area contributed by atoms with Gasteiger partial charge in [0.25, 0.3) is 5.91 Å². The summed E-state index contributed by atoms with van der Waals surface area (Å²) in [4.78, 5) is 22.6. The molecule has 2 N–H and O–H groups in total. The van der Waals surface area contributed by atoms with E-state index < -0.39 is 18.0 Å². The molecule has 5 nitrogen and oxygen atoms in total. The minimum Gasteiger partial charge on any atom is -0.481 e. The number of ether oxygens (including phenoxy) is 1. The highest BCUT2D eigenvalue weighted by atomic mass is 16.5. The number of para-hydroxylation sites is 1. The lowest BCUT2D eigenvalue weighted by atomic mass is 10.1. The SMILES string of the molecule is CCc1ccccc1OC(C)C(=O)NC(=O)NC. The van der Waals surface area contributed by atoms with Crippen molar-refractivity contribution in [1.82, 2.24) is 10.6 Å². The quantitative estimate of drug-likeness (QED) is 0.850. The molecule has 98 valence electrons. The summed E-state index contributed by atoms with van der Waals surface area (Å²) >= 11 is 0. The fourth-order valence-corrected chi connectivity index (χ4v) is 1.43. The summed E-state index contributed by atoms with van der Waals surface area (Å²) in [6.45, 7) is 3.61. The first-order valence-electron chi connectivity index (χ1n) is 5.85. The van der Waals surface area contributed by atoms with Crippen LogP contribution in [0.5, 0.6) is 5.75 Å². The molecule has 1 unspecified atom stereocenters. The normalized spacial score (nSPS) is 11.5. The zero-order valence-electron chi connectivity index (χ0n) is 10.8. The number of imide groups is 1. The van der Waals surface area contributed by atoms with Gasteiger partial charge in [0.2, 0.25) is 0 Å². The number of urea groups is 1. The van der Waals surface area contributed by atoms with Crippen molar-refractivity contribution in [2.45, 2.75) is 26.4 Å². The number of rotatable bonds is 4. The van der Waals surface area contributed by atoms with Crippen molar-refractivity contribution < 1.29 is 14.3 Å². The van der Waals surface area contributed by atoms with Crippen molar-refractivity contribution in [1.29, 1.82) is 0 Å². The van der Waals surface area contributed by atoms with E-state index in [1.807, 2.05) is 31.2 Å². The summed E-state index contributed by atoms with van der Waals surface area (Å²) in [5.74, 6) is 0.194. The van der Waals surface area contributed by atoms with E-state index in [0.29, 0.717) is 5.75 Å². The van der Waals surface area contributed by atoms with Crippen LogP contribution in [-0.4, -0.2) is 25.1 Å². The molecule has 0 aliphatic carbocycles. The number of hydrogen-bond acceptors (Lipinski definition) is 3. The Balaban J connectivity index is 2.66. The monoisotopic (exact) mass is 250 g/mol. The Morgan fingerprint density at radius 3 is 2.61 bits per heavy atom. The Morgan fingerprint density at radius 1 is 1.33 bits per heavy atom. The van der Waals surface area contributed by atoms with Gasteiger partial charge in [-0.3, -0.25) is 10.1 Å². The fraction of sp³-hybridized carbons (Fsp3) is 0.385. The molecule has 1 atom stereocenters. The maximum Gasteiger partial charge on any atom is 0.321 e. The summed E-state index contributed by atoms with van der Waals surface area (Å²) in [7, 11) is 1.44. The van der Waals surface area contributed by atoms with E-state index in [1.165, 1.54) is 7.05 Å². The smallest absolute Gasteiger partial charge is 0.321 e. The summed E-state index contributed by atoms with van der Waals surface area (Å²) in [6, 6.07) is 6.97. The maximum absolute atomic E-state index is 11.6. The minimum atomic E-state index is -0.727. The van der Waals surface area contributed by atoms with Gasteiger partial charge in [-0.25, -0.2) is 4.79 Å². The molecular formula is C13H18N2O3. The van der Waals surface area contributed by atoms with Gasteiger partial charge >= 0.3 is 6.03 Å². The van der Waals surface area contributed by atoms with E-state index in [2.05, 4.69) is 10.6 Å². The molecule has 1 aromatic carbocycles. The highest BCUT2D eigenvalue weighted by molar-refractivity contribution is 5.96. The lowest BCUT2D eigenvalue weighted by Gasteiger charge is -2.16. The van der Waals surface area contributed by atoms with E-state index in [4.69, 9.17) is 4.74 Å². The van der Waals surface area contributed by atoms with Gasteiger partial charge in [-0.2, -0.15) is 0 Å². The number of amides is 3. The maximum atomic E-state index is 11.6. The van der Waals surface area contributed by atoms with Gasteiger partial charge in [0.05, 0.1) is 0 Å². The zero-order chi connectivity index (χ0) is 13.5. The van der Waals surface area contributed by atoms with E-state index in [9.17, 15) is 9.59 Å². The number of carbonyl (C=O) groups is 2. The molecular weight excluding hydrogens is 232 g/mol. The molecule has 0 saturated heterocycles.